The van der Waals surface area contributed by atoms with Gasteiger partial charge in [0.25, 0.3) is 5.91 Å². The van der Waals surface area contributed by atoms with E-state index in [1.165, 1.54) is 10.4 Å². The standard InChI is InChI=1S/C18H18N2O2S/c21-17(19-12-15-8-4-10-22-15)13-20-18(16-9-5-11-23-16)14-6-2-1-3-7-14/h1-11,18,20H,12-13H2,(H,19,21)/p+1/t18-/m1/s1. The summed E-state index contributed by atoms with van der Waals surface area (Å²) in [6.07, 6.45) is 1.61. The number of rotatable bonds is 7. The van der Waals surface area contributed by atoms with E-state index in [1.54, 1.807) is 17.6 Å². The summed E-state index contributed by atoms with van der Waals surface area (Å²) in [7, 11) is 0. The Morgan fingerprint density at radius 2 is 2.00 bits per heavy atom. The third-order valence-corrected chi connectivity index (χ3v) is 4.54. The molecular weight excluding hydrogens is 308 g/mol. The molecule has 4 nitrogen and oxygen atoms in total. The summed E-state index contributed by atoms with van der Waals surface area (Å²) in [5.74, 6) is 0.759. The Balaban J connectivity index is 1.59. The van der Waals surface area contributed by atoms with Crippen LogP contribution >= 0.6 is 11.3 Å². The Morgan fingerprint density at radius 3 is 2.70 bits per heavy atom. The lowest BCUT2D eigenvalue weighted by atomic mass is 10.1. The van der Waals surface area contributed by atoms with Crippen molar-refractivity contribution in [2.45, 2.75) is 12.6 Å². The molecule has 3 aromatic rings. The molecule has 2 aromatic heterocycles. The fourth-order valence-electron chi connectivity index (χ4n) is 2.44. The highest BCUT2D eigenvalue weighted by atomic mass is 32.1. The van der Waals surface area contributed by atoms with Crippen LogP contribution in [0.15, 0.2) is 70.7 Å². The third kappa shape index (κ3) is 4.31. The van der Waals surface area contributed by atoms with E-state index in [-0.39, 0.29) is 11.9 Å². The van der Waals surface area contributed by atoms with Crippen LogP contribution in [0.3, 0.4) is 0 Å². The lowest BCUT2D eigenvalue weighted by molar-refractivity contribution is -0.676. The van der Waals surface area contributed by atoms with Gasteiger partial charge in [-0.1, -0.05) is 36.4 Å². The van der Waals surface area contributed by atoms with Crippen molar-refractivity contribution in [3.63, 3.8) is 0 Å². The van der Waals surface area contributed by atoms with Gasteiger partial charge in [-0.25, -0.2) is 0 Å². The Morgan fingerprint density at radius 1 is 1.13 bits per heavy atom. The maximum atomic E-state index is 12.1. The first-order valence-electron chi connectivity index (χ1n) is 7.53. The smallest absolute Gasteiger partial charge is 0.275 e. The molecule has 0 radical (unpaired) electrons. The molecule has 0 aliphatic carbocycles. The summed E-state index contributed by atoms with van der Waals surface area (Å²) in [4.78, 5) is 13.3. The minimum Gasteiger partial charge on any atom is -0.467 e. The second-order valence-electron chi connectivity index (χ2n) is 5.20. The fourth-order valence-corrected chi connectivity index (χ4v) is 3.29. The molecular formula is C18H19N2O2S+. The van der Waals surface area contributed by atoms with Gasteiger partial charge in [-0.15, -0.1) is 11.3 Å². The lowest BCUT2D eigenvalue weighted by Gasteiger charge is -2.14. The molecule has 0 saturated heterocycles. The van der Waals surface area contributed by atoms with Gasteiger partial charge in [0, 0.05) is 5.56 Å². The second kappa shape index (κ2) is 7.76. The number of thiophene rings is 1. The van der Waals surface area contributed by atoms with Crippen LogP contribution in [0.2, 0.25) is 0 Å². The minimum atomic E-state index is -0.00103. The molecule has 2 heterocycles. The largest absolute Gasteiger partial charge is 0.467 e. The molecule has 0 saturated carbocycles. The van der Waals surface area contributed by atoms with Gasteiger partial charge in [0.2, 0.25) is 0 Å². The van der Waals surface area contributed by atoms with Gasteiger partial charge in [0.05, 0.1) is 17.7 Å². The zero-order chi connectivity index (χ0) is 15.9. The summed E-state index contributed by atoms with van der Waals surface area (Å²) in [5, 5.41) is 7.01. The van der Waals surface area contributed by atoms with E-state index in [9.17, 15) is 4.79 Å². The highest BCUT2D eigenvalue weighted by Crippen LogP contribution is 2.22. The topological polar surface area (TPSA) is 58.9 Å². The van der Waals surface area contributed by atoms with Crippen LogP contribution < -0.4 is 10.6 Å². The fraction of sp³-hybridized carbons (Fsp3) is 0.167. The van der Waals surface area contributed by atoms with Gasteiger partial charge in [0.1, 0.15) is 11.8 Å². The number of benzene rings is 1. The highest BCUT2D eigenvalue weighted by Gasteiger charge is 2.19. The second-order valence-corrected chi connectivity index (χ2v) is 6.18. The van der Waals surface area contributed by atoms with Crippen LogP contribution in [0, 0.1) is 0 Å². The van der Waals surface area contributed by atoms with Crippen LogP contribution in [-0.2, 0) is 11.3 Å². The van der Waals surface area contributed by atoms with Gasteiger partial charge in [-0.2, -0.15) is 0 Å². The maximum Gasteiger partial charge on any atom is 0.275 e. The zero-order valence-corrected chi connectivity index (χ0v) is 13.5. The zero-order valence-electron chi connectivity index (χ0n) is 12.6. The Hall–Kier alpha value is -2.37. The summed E-state index contributed by atoms with van der Waals surface area (Å²) in [6.45, 7) is 0.798. The number of hydrogen-bond donors (Lipinski definition) is 2. The number of nitrogens with one attached hydrogen (secondary N) is 1. The van der Waals surface area contributed by atoms with Crippen molar-refractivity contribution in [1.82, 2.24) is 5.32 Å². The van der Waals surface area contributed by atoms with Crippen molar-refractivity contribution >= 4 is 17.2 Å². The molecule has 3 rings (SSSR count). The van der Waals surface area contributed by atoms with Crippen LogP contribution in [-0.4, -0.2) is 12.5 Å². The van der Waals surface area contributed by atoms with Crippen molar-refractivity contribution in [3.05, 3.63) is 82.4 Å². The Labute approximate surface area is 139 Å². The molecule has 0 aliphatic rings. The van der Waals surface area contributed by atoms with Crippen molar-refractivity contribution in [2.75, 3.05) is 6.54 Å². The number of carbonyl (C=O) groups is 1. The minimum absolute atomic E-state index is 0.00103. The van der Waals surface area contributed by atoms with Crippen LogP contribution in [0.25, 0.3) is 0 Å². The van der Waals surface area contributed by atoms with E-state index < -0.39 is 0 Å². The number of amides is 1. The van der Waals surface area contributed by atoms with Crippen molar-refractivity contribution < 1.29 is 14.5 Å². The SMILES string of the molecule is O=C(C[NH2+][C@H](c1ccccc1)c1cccs1)NCc1ccco1. The van der Waals surface area contributed by atoms with Gasteiger partial charge in [0.15, 0.2) is 6.54 Å². The molecule has 0 fully saturated rings. The number of hydrogen-bond acceptors (Lipinski definition) is 3. The Bertz CT molecular complexity index is 709. The van der Waals surface area contributed by atoms with Gasteiger partial charge >= 0.3 is 0 Å². The van der Waals surface area contributed by atoms with E-state index in [2.05, 4.69) is 34.2 Å². The molecule has 0 aliphatic heterocycles. The molecule has 3 N–H and O–H groups in total. The van der Waals surface area contributed by atoms with E-state index in [1.807, 2.05) is 36.4 Å². The maximum absolute atomic E-state index is 12.1. The number of nitrogens with two attached hydrogens (primary N) is 1. The van der Waals surface area contributed by atoms with Crippen LogP contribution in [0.4, 0.5) is 0 Å². The van der Waals surface area contributed by atoms with E-state index >= 15 is 0 Å². The summed E-state index contributed by atoms with van der Waals surface area (Å²) in [5.41, 5.74) is 1.20. The predicted octanol–water partition coefficient (Wildman–Crippen LogP) is 2.31. The molecule has 0 spiro atoms. The van der Waals surface area contributed by atoms with Crippen molar-refractivity contribution in [1.29, 1.82) is 0 Å². The average Bonchev–Trinajstić information content (AvgIpc) is 3.28. The molecule has 118 valence electrons. The van der Waals surface area contributed by atoms with E-state index in [0.29, 0.717) is 13.1 Å². The van der Waals surface area contributed by atoms with Crippen LogP contribution in [0.5, 0.6) is 0 Å². The van der Waals surface area contributed by atoms with Crippen LogP contribution in [0.1, 0.15) is 22.2 Å². The molecule has 1 atom stereocenters. The quantitative estimate of drug-likeness (QED) is 0.699. The third-order valence-electron chi connectivity index (χ3n) is 3.59. The average molecular weight is 327 g/mol. The molecule has 0 unspecified atom stereocenters. The molecule has 0 bridgehead atoms. The lowest BCUT2D eigenvalue weighted by Crippen LogP contribution is -2.87. The highest BCUT2D eigenvalue weighted by molar-refractivity contribution is 7.10. The summed E-state index contributed by atoms with van der Waals surface area (Å²) in [6, 6.07) is 18.2. The Kier molecular flexibility index (Phi) is 5.24. The van der Waals surface area contributed by atoms with E-state index in [0.717, 1.165) is 5.76 Å². The van der Waals surface area contributed by atoms with Gasteiger partial charge < -0.3 is 15.1 Å². The first kappa shape index (κ1) is 15.5. The number of carbonyl (C=O) groups excluding carboxylic acids is 1. The predicted molar refractivity (Wildman–Crippen MR) is 90.0 cm³/mol. The first-order valence-corrected chi connectivity index (χ1v) is 8.41. The first-order chi connectivity index (χ1) is 11.3. The number of quaternary nitrogens is 1. The number of furan rings is 1. The van der Waals surface area contributed by atoms with Gasteiger partial charge in [-0.3, -0.25) is 4.79 Å². The van der Waals surface area contributed by atoms with Crippen molar-refractivity contribution in [2.24, 2.45) is 0 Å². The molecule has 5 heteroatoms. The molecule has 23 heavy (non-hydrogen) atoms. The van der Waals surface area contributed by atoms with E-state index in [4.69, 9.17) is 4.42 Å². The normalized spacial score (nSPS) is 12.0. The molecule has 1 amide bonds. The molecule has 1 aromatic carbocycles. The summed E-state index contributed by atoms with van der Waals surface area (Å²) >= 11 is 1.71. The monoisotopic (exact) mass is 327 g/mol. The van der Waals surface area contributed by atoms with Gasteiger partial charge in [-0.05, 0) is 23.6 Å². The van der Waals surface area contributed by atoms with Crippen molar-refractivity contribution in [3.8, 4) is 0 Å². The summed E-state index contributed by atoms with van der Waals surface area (Å²) < 4.78 is 5.21.